The van der Waals surface area contributed by atoms with Crippen molar-refractivity contribution in [3.8, 4) is 20.2 Å². The van der Waals surface area contributed by atoms with E-state index in [-0.39, 0.29) is 0 Å². The Morgan fingerprint density at radius 3 is 1.75 bits per heavy atom. The maximum absolute atomic E-state index is 5.50. The van der Waals surface area contributed by atoms with Crippen LogP contribution in [0.4, 0.5) is 5.69 Å². The van der Waals surface area contributed by atoms with Crippen molar-refractivity contribution in [2.45, 2.75) is 155 Å². The van der Waals surface area contributed by atoms with Gasteiger partial charge in [-0.15, -0.1) is 22.7 Å². The first-order valence-electron chi connectivity index (χ1n) is 20.4. The Bertz CT molecular complexity index is 1770. The summed E-state index contributed by atoms with van der Waals surface area (Å²) in [6.45, 7) is 4.60. The van der Waals surface area contributed by atoms with Gasteiger partial charge in [0.15, 0.2) is 0 Å². The van der Waals surface area contributed by atoms with Gasteiger partial charge in [-0.1, -0.05) is 148 Å². The molecule has 0 saturated carbocycles. The maximum atomic E-state index is 5.50. The van der Waals surface area contributed by atoms with E-state index < -0.39 is 0 Å². The lowest BCUT2D eigenvalue weighted by molar-refractivity contribution is 0.555. The molecule has 1 aliphatic carbocycles. The molecule has 0 bridgehead atoms. The van der Waals surface area contributed by atoms with Gasteiger partial charge in [-0.3, -0.25) is 0 Å². The first-order chi connectivity index (χ1) is 25.2. The molecule has 0 aliphatic heterocycles. The lowest BCUT2D eigenvalue weighted by Gasteiger charge is -2.10. The predicted molar refractivity (Wildman–Crippen MR) is 227 cm³/mol. The molecule has 0 N–H and O–H groups in total. The maximum Gasteiger partial charge on any atom is 0.113 e. The Morgan fingerprint density at radius 2 is 1.14 bits per heavy atom. The SMILES string of the molecule is CCCCCCCCCCCCc1cc(CCCCCCCCCCCC)cc(N=C2c3ccsc3-c3sc(-c4cccc5nsnc45)cc32)c1. The van der Waals surface area contributed by atoms with Gasteiger partial charge in [0.25, 0.3) is 0 Å². The number of benzene rings is 2. The summed E-state index contributed by atoms with van der Waals surface area (Å²) in [6, 6.07) is 18.3. The lowest BCUT2D eigenvalue weighted by Crippen LogP contribution is -1.97. The number of hydrogen-bond acceptors (Lipinski definition) is 6. The third-order valence-corrected chi connectivity index (χ3v) is 13.4. The first-order valence-corrected chi connectivity index (χ1v) is 22.8. The van der Waals surface area contributed by atoms with E-state index in [1.165, 1.54) is 183 Å². The third kappa shape index (κ3) is 10.7. The number of fused-ring (bicyclic) bond motifs is 4. The molecule has 3 nitrogen and oxygen atoms in total. The molecule has 0 amide bonds. The molecule has 0 saturated heterocycles. The minimum absolute atomic E-state index is 0.978. The van der Waals surface area contributed by atoms with Crippen LogP contribution in [0.2, 0.25) is 0 Å². The van der Waals surface area contributed by atoms with Crippen LogP contribution in [0, 0.1) is 0 Å². The molecule has 0 radical (unpaired) electrons. The van der Waals surface area contributed by atoms with Gasteiger partial charge in [-0.05, 0) is 72.5 Å². The summed E-state index contributed by atoms with van der Waals surface area (Å²) in [4.78, 5) is 9.45. The van der Waals surface area contributed by atoms with Crippen LogP contribution in [0.15, 0.2) is 58.9 Å². The zero-order valence-corrected chi connectivity index (χ0v) is 33.8. The quantitative estimate of drug-likeness (QED) is 0.0580. The fourth-order valence-electron chi connectivity index (χ4n) is 7.67. The van der Waals surface area contributed by atoms with E-state index in [0.29, 0.717) is 0 Å². The first kappa shape index (κ1) is 38.1. The largest absolute Gasteiger partial charge is 0.248 e. The Labute approximate surface area is 320 Å². The number of rotatable bonds is 24. The van der Waals surface area contributed by atoms with E-state index >= 15 is 0 Å². The molecule has 0 unspecified atom stereocenters. The molecule has 3 aromatic heterocycles. The van der Waals surface area contributed by atoms with Crippen molar-refractivity contribution in [3.63, 3.8) is 0 Å². The average molecular weight is 738 g/mol. The Morgan fingerprint density at radius 1 is 0.549 bits per heavy atom. The standard InChI is InChI=1S/C45H59N3S3/c1-3-5-7-9-11-13-15-17-19-21-24-34-30-35(25-22-20-18-16-14-12-10-8-6-4-2)32-36(31-34)46-42-38-28-29-49-44(38)45-39(42)33-41(50-45)37-26-23-27-40-43(37)48-51-47-40/h23,26-33H,3-22,24-25H2,1-2H3. The fraction of sp³-hybridized carbons (Fsp3) is 0.533. The number of hydrogen-bond donors (Lipinski definition) is 0. The summed E-state index contributed by atoms with van der Waals surface area (Å²) in [7, 11) is 0. The van der Waals surface area contributed by atoms with Gasteiger partial charge >= 0.3 is 0 Å². The van der Waals surface area contributed by atoms with Gasteiger partial charge in [0.1, 0.15) is 11.0 Å². The van der Waals surface area contributed by atoms with Gasteiger partial charge in [-0.2, -0.15) is 8.75 Å². The summed E-state index contributed by atoms with van der Waals surface area (Å²) < 4.78 is 9.15. The second-order valence-corrected chi connectivity index (χ2v) is 17.3. The normalized spacial score (nSPS) is 13.1. The van der Waals surface area contributed by atoms with Gasteiger partial charge in [0.05, 0.1) is 32.9 Å². The van der Waals surface area contributed by atoms with E-state index in [2.05, 4.69) is 76.5 Å². The highest BCUT2D eigenvalue weighted by Gasteiger charge is 2.30. The smallest absolute Gasteiger partial charge is 0.113 e. The van der Waals surface area contributed by atoms with Crippen molar-refractivity contribution in [3.05, 3.63) is 76.2 Å². The van der Waals surface area contributed by atoms with Crippen LogP contribution in [0.25, 0.3) is 31.2 Å². The lowest BCUT2D eigenvalue weighted by atomic mass is 9.98. The molecule has 51 heavy (non-hydrogen) atoms. The fourth-order valence-corrected chi connectivity index (χ4v) is 10.5. The minimum Gasteiger partial charge on any atom is -0.248 e. The monoisotopic (exact) mass is 737 g/mol. The highest BCUT2D eigenvalue weighted by molar-refractivity contribution is 7.24. The molecule has 6 rings (SSSR count). The van der Waals surface area contributed by atoms with E-state index in [9.17, 15) is 0 Å². The molecule has 2 aromatic carbocycles. The average Bonchev–Trinajstić information content (AvgIpc) is 3.95. The van der Waals surface area contributed by atoms with Gasteiger partial charge < -0.3 is 0 Å². The molecule has 3 heterocycles. The van der Waals surface area contributed by atoms with E-state index in [1.807, 2.05) is 22.7 Å². The Kier molecular flexibility index (Phi) is 15.3. The summed E-state index contributed by atoms with van der Waals surface area (Å²) in [6.07, 6.45) is 29.9. The number of aromatic nitrogens is 2. The number of unbranched alkanes of at least 4 members (excludes halogenated alkanes) is 18. The van der Waals surface area contributed by atoms with Gasteiger partial charge in [0, 0.05) is 21.6 Å². The molecule has 0 fully saturated rings. The van der Waals surface area contributed by atoms with Crippen LogP contribution in [-0.4, -0.2) is 14.5 Å². The van der Waals surface area contributed by atoms with Crippen molar-refractivity contribution in [1.29, 1.82) is 0 Å². The molecule has 5 aromatic rings. The van der Waals surface area contributed by atoms with Crippen molar-refractivity contribution in [2.75, 3.05) is 0 Å². The Balaban J connectivity index is 1.14. The second kappa shape index (κ2) is 20.5. The minimum atomic E-state index is 0.978. The van der Waals surface area contributed by atoms with Crippen LogP contribution < -0.4 is 0 Å². The van der Waals surface area contributed by atoms with E-state index in [1.54, 1.807) is 0 Å². The van der Waals surface area contributed by atoms with Crippen LogP contribution in [0.3, 0.4) is 0 Å². The van der Waals surface area contributed by atoms with Crippen LogP contribution >= 0.6 is 34.4 Å². The van der Waals surface area contributed by atoms with Crippen LogP contribution in [-0.2, 0) is 12.8 Å². The number of aryl methyl sites for hydroxylation is 2. The topological polar surface area (TPSA) is 38.1 Å². The summed E-state index contributed by atoms with van der Waals surface area (Å²) in [5, 5.41) is 2.23. The van der Waals surface area contributed by atoms with E-state index in [4.69, 9.17) is 4.99 Å². The van der Waals surface area contributed by atoms with Crippen molar-refractivity contribution >= 4 is 56.8 Å². The third-order valence-electron chi connectivity index (χ3n) is 10.6. The number of thiophene rings is 2. The molecule has 0 spiro atoms. The summed E-state index contributed by atoms with van der Waals surface area (Å²) >= 11 is 5.01. The molecular formula is C45H59N3S3. The summed E-state index contributed by atoms with van der Waals surface area (Å²) in [5.41, 5.74) is 10.9. The highest BCUT2D eigenvalue weighted by Crippen LogP contribution is 2.49. The second-order valence-electron chi connectivity index (χ2n) is 14.8. The Hall–Kier alpha value is -2.67. The molecular weight excluding hydrogens is 679 g/mol. The van der Waals surface area contributed by atoms with Crippen molar-refractivity contribution in [2.24, 2.45) is 4.99 Å². The highest BCUT2D eigenvalue weighted by atomic mass is 32.1. The zero-order chi connectivity index (χ0) is 35.1. The van der Waals surface area contributed by atoms with E-state index in [0.717, 1.165) is 35.3 Å². The molecule has 1 aliphatic rings. The molecule has 6 heteroatoms. The van der Waals surface area contributed by atoms with Crippen LogP contribution in [0.1, 0.15) is 165 Å². The van der Waals surface area contributed by atoms with Crippen molar-refractivity contribution in [1.82, 2.24) is 8.75 Å². The number of aliphatic imine (C=N–C) groups is 1. The predicted octanol–water partition coefficient (Wildman–Crippen LogP) is 15.6. The van der Waals surface area contributed by atoms with Gasteiger partial charge in [0.2, 0.25) is 0 Å². The number of nitrogens with zero attached hydrogens (tertiary/aromatic N) is 3. The molecule has 0 atom stereocenters. The van der Waals surface area contributed by atoms with Crippen molar-refractivity contribution < 1.29 is 0 Å². The van der Waals surface area contributed by atoms with Crippen LogP contribution in [0.5, 0.6) is 0 Å². The summed E-state index contributed by atoms with van der Waals surface area (Å²) in [5.74, 6) is 0. The van der Waals surface area contributed by atoms with Gasteiger partial charge in [-0.25, -0.2) is 4.99 Å². The molecule has 272 valence electrons. The zero-order valence-electron chi connectivity index (χ0n) is 31.3.